The van der Waals surface area contributed by atoms with Gasteiger partial charge in [-0.15, -0.1) is 0 Å². The molecule has 0 radical (unpaired) electrons. The molecule has 1 aromatic carbocycles. The lowest BCUT2D eigenvalue weighted by Crippen LogP contribution is -2.56. The molecule has 1 aliphatic rings. The zero-order chi connectivity index (χ0) is 22.1. The minimum Gasteiger partial charge on any atom is -0.445 e. The van der Waals surface area contributed by atoms with Crippen molar-refractivity contribution in [1.29, 1.82) is 0 Å². The summed E-state index contributed by atoms with van der Waals surface area (Å²) in [7, 11) is 0. The minimum atomic E-state index is -0.829. The fraction of sp³-hybridized carbons (Fsp3) is 0.524. The largest absolute Gasteiger partial charge is 0.445 e. The molecule has 0 unspecified atom stereocenters. The summed E-state index contributed by atoms with van der Waals surface area (Å²) in [5.41, 5.74) is 5.93. The molecular formula is C21H30N4O5. The van der Waals surface area contributed by atoms with Gasteiger partial charge in [-0.1, -0.05) is 50.6 Å². The van der Waals surface area contributed by atoms with Gasteiger partial charge in [0.05, 0.1) is 6.54 Å². The second-order valence-corrected chi connectivity index (χ2v) is 7.45. The van der Waals surface area contributed by atoms with E-state index in [0.29, 0.717) is 25.8 Å². The Morgan fingerprint density at radius 1 is 1.23 bits per heavy atom. The van der Waals surface area contributed by atoms with Crippen LogP contribution in [0.15, 0.2) is 30.3 Å². The molecule has 0 aromatic heterocycles. The highest BCUT2D eigenvalue weighted by molar-refractivity contribution is 5.93. The Hall–Kier alpha value is -3.10. The average Bonchev–Trinajstić information content (AvgIpc) is 3.24. The zero-order valence-corrected chi connectivity index (χ0v) is 17.4. The third-order valence-electron chi connectivity index (χ3n) is 5.23. The summed E-state index contributed by atoms with van der Waals surface area (Å²) in [5, 5.41) is 5.17. The van der Waals surface area contributed by atoms with Crippen molar-refractivity contribution in [2.75, 3.05) is 13.1 Å². The number of benzene rings is 1. The van der Waals surface area contributed by atoms with Crippen LogP contribution in [-0.2, 0) is 25.7 Å². The molecule has 0 bridgehead atoms. The van der Waals surface area contributed by atoms with Gasteiger partial charge in [-0.2, -0.15) is 0 Å². The number of hydrogen-bond donors (Lipinski definition) is 3. The summed E-state index contributed by atoms with van der Waals surface area (Å²) in [6.07, 6.45) is 1.24. The Kier molecular flexibility index (Phi) is 8.64. The molecule has 2 rings (SSSR count). The summed E-state index contributed by atoms with van der Waals surface area (Å²) in [6.45, 7) is 3.95. The van der Waals surface area contributed by atoms with Crippen molar-refractivity contribution in [3.63, 3.8) is 0 Å². The number of carbonyl (C=O) groups excluding carboxylic acids is 4. The number of nitrogens with zero attached hydrogens (tertiary/aromatic N) is 1. The van der Waals surface area contributed by atoms with E-state index in [4.69, 9.17) is 10.5 Å². The third kappa shape index (κ3) is 6.47. The van der Waals surface area contributed by atoms with E-state index in [1.165, 1.54) is 4.90 Å². The molecule has 9 nitrogen and oxygen atoms in total. The molecule has 9 heteroatoms. The van der Waals surface area contributed by atoms with E-state index in [1.807, 2.05) is 44.2 Å². The SMILES string of the molecule is CC[C@H](C)[C@H](NC(=O)[C@@H]1CCCN1C(=O)OCc1ccccc1)C(=O)NCC(N)=O. The van der Waals surface area contributed by atoms with Crippen LogP contribution in [0.1, 0.15) is 38.7 Å². The van der Waals surface area contributed by atoms with Gasteiger partial charge in [0.2, 0.25) is 17.7 Å². The first kappa shape index (κ1) is 23.2. The van der Waals surface area contributed by atoms with Crippen molar-refractivity contribution in [2.24, 2.45) is 11.7 Å². The number of nitrogens with one attached hydrogen (secondary N) is 2. The Labute approximate surface area is 176 Å². The van der Waals surface area contributed by atoms with Crippen molar-refractivity contribution in [2.45, 2.75) is 51.8 Å². The van der Waals surface area contributed by atoms with E-state index in [2.05, 4.69) is 10.6 Å². The highest BCUT2D eigenvalue weighted by atomic mass is 16.6. The van der Waals surface area contributed by atoms with Crippen LogP contribution >= 0.6 is 0 Å². The predicted molar refractivity (Wildman–Crippen MR) is 110 cm³/mol. The monoisotopic (exact) mass is 418 g/mol. The van der Waals surface area contributed by atoms with Crippen LogP contribution in [0.5, 0.6) is 0 Å². The van der Waals surface area contributed by atoms with Crippen LogP contribution in [0.4, 0.5) is 4.79 Å². The summed E-state index contributed by atoms with van der Waals surface area (Å²) >= 11 is 0. The molecular weight excluding hydrogens is 388 g/mol. The van der Waals surface area contributed by atoms with Gasteiger partial charge in [-0.05, 0) is 24.3 Å². The molecule has 1 fully saturated rings. The molecule has 0 aliphatic carbocycles. The van der Waals surface area contributed by atoms with Crippen molar-refractivity contribution >= 4 is 23.8 Å². The van der Waals surface area contributed by atoms with E-state index in [9.17, 15) is 19.2 Å². The van der Waals surface area contributed by atoms with Gasteiger partial charge in [0.1, 0.15) is 18.7 Å². The number of ether oxygens (including phenoxy) is 1. The number of hydrogen-bond acceptors (Lipinski definition) is 5. The second-order valence-electron chi connectivity index (χ2n) is 7.45. The van der Waals surface area contributed by atoms with E-state index < -0.39 is 35.9 Å². The Morgan fingerprint density at radius 3 is 2.57 bits per heavy atom. The molecule has 1 heterocycles. The lowest BCUT2D eigenvalue weighted by atomic mass is 9.97. The van der Waals surface area contributed by atoms with Gasteiger partial charge in [0.25, 0.3) is 0 Å². The topological polar surface area (TPSA) is 131 Å². The Morgan fingerprint density at radius 2 is 1.93 bits per heavy atom. The minimum absolute atomic E-state index is 0.121. The lowest BCUT2D eigenvalue weighted by Gasteiger charge is -2.28. The maximum atomic E-state index is 12.9. The number of amides is 4. The summed E-state index contributed by atoms with van der Waals surface area (Å²) in [5.74, 6) is -1.72. The first-order valence-corrected chi connectivity index (χ1v) is 10.2. The number of carbonyl (C=O) groups is 4. The lowest BCUT2D eigenvalue weighted by molar-refractivity contribution is -0.132. The predicted octanol–water partition coefficient (Wildman–Crippen LogP) is 0.920. The smallest absolute Gasteiger partial charge is 0.410 e. The van der Waals surface area contributed by atoms with Crippen molar-refractivity contribution in [1.82, 2.24) is 15.5 Å². The number of nitrogens with two attached hydrogens (primary N) is 1. The Bertz CT molecular complexity index is 755. The summed E-state index contributed by atoms with van der Waals surface area (Å²) in [4.78, 5) is 50.2. The highest BCUT2D eigenvalue weighted by Crippen LogP contribution is 2.20. The molecule has 0 spiro atoms. The third-order valence-corrected chi connectivity index (χ3v) is 5.23. The summed E-state index contributed by atoms with van der Waals surface area (Å²) < 4.78 is 5.35. The highest BCUT2D eigenvalue weighted by Gasteiger charge is 2.37. The molecule has 3 atom stereocenters. The zero-order valence-electron chi connectivity index (χ0n) is 17.4. The van der Waals surface area contributed by atoms with Gasteiger partial charge < -0.3 is 21.1 Å². The first-order valence-electron chi connectivity index (χ1n) is 10.2. The maximum absolute atomic E-state index is 12.9. The molecule has 4 N–H and O–H groups in total. The van der Waals surface area contributed by atoms with E-state index >= 15 is 0 Å². The molecule has 4 amide bonds. The van der Waals surface area contributed by atoms with E-state index in [1.54, 1.807) is 0 Å². The average molecular weight is 418 g/mol. The summed E-state index contributed by atoms with van der Waals surface area (Å²) in [6, 6.07) is 7.75. The van der Waals surface area contributed by atoms with Crippen molar-refractivity contribution in [3.05, 3.63) is 35.9 Å². The van der Waals surface area contributed by atoms with Crippen LogP contribution in [0.2, 0.25) is 0 Å². The first-order chi connectivity index (χ1) is 14.3. The fourth-order valence-electron chi connectivity index (χ4n) is 3.30. The molecule has 30 heavy (non-hydrogen) atoms. The van der Waals surface area contributed by atoms with Crippen molar-refractivity contribution in [3.8, 4) is 0 Å². The van der Waals surface area contributed by atoms with Gasteiger partial charge in [-0.3, -0.25) is 19.3 Å². The van der Waals surface area contributed by atoms with Crippen molar-refractivity contribution < 1.29 is 23.9 Å². The van der Waals surface area contributed by atoms with Crippen LogP contribution in [-0.4, -0.2) is 53.9 Å². The van der Waals surface area contributed by atoms with Gasteiger partial charge in [0.15, 0.2) is 0 Å². The molecule has 0 saturated carbocycles. The maximum Gasteiger partial charge on any atom is 0.410 e. The molecule has 1 aromatic rings. The second kappa shape index (κ2) is 11.2. The molecule has 164 valence electrons. The van der Waals surface area contributed by atoms with Gasteiger partial charge >= 0.3 is 6.09 Å². The molecule has 1 aliphatic heterocycles. The van der Waals surface area contributed by atoms with Crippen LogP contribution in [0, 0.1) is 5.92 Å². The van der Waals surface area contributed by atoms with Crippen LogP contribution in [0.3, 0.4) is 0 Å². The van der Waals surface area contributed by atoms with E-state index in [0.717, 1.165) is 5.56 Å². The van der Waals surface area contributed by atoms with E-state index in [-0.39, 0.29) is 19.1 Å². The van der Waals surface area contributed by atoms with Gasteiger partial charge in [-0.25, -0.2) is 4.79 Å². The van der Waals surface area contributed by atoms with Gasteiger partial charge in [0, 0.05) is 6.54 Å². The number of likely N-dealkylation sites (tertiary alicyclic amines) is 1. The molecule has 1 saturated heterocycles. The normalized spacial score (nSPS) is 17.7. The number of rotatable bonds is 9. The van der Waals surface area contributed by atoms with Crippen LogP contribution < -0.4 is 16.4 Å². The Balaban J connectivity index is 1.98. The number of primary amides is 1. The standard InChI is InChI=1S/C21H30N4O5/c1-3-14(2)18(20(28)23-12-17(22)26)24-19(27)16-10-7-11-25(16)21(29)30-13-15-8-5-4-6-9-15/h4-6,8-9,14,16,18H,3,7,10-13H2,1-2H3,(H2,22,26)(H,23,28)(H,24,27)/t14-,16-,18-/m0/s1. The van der Waals surface area contributed by atoms with Crippen LogP contribution in [0.25, 0.3) is 0 Å². The quantitative estimate of drug-likeness (QED) is 0.549. The fourth-order valence-corrected chi connectivity index (χ4v) is 3.30.